The topological polar surface area (TPSA) is 20.3 Å². The minimum atomic E-state index is 0.128. The Bertz CT molecular complexity index is 684. The van der Waals surface area contributed by atoms with Crippen LogP contribution in [0.5, 0.6) is 0 Å². The van der Waals surface area contributed by atoms with E-state index in [0.29, 0.717) is 0 Å². The number of benzene rings is 2. The number of likely N-dealkylation sites (tertiary alicyclic amines) is 1. The highest BCUT2D eigenvalue weighted by atomic mass is 16.1. The summed E-state index contributed by atoms with van der Waals surface area (Å²) >= 11 is 0. The highest BCUT2D eigenvalue weighted by Crippen LogP contribution is 2.24. The van der Waals surface area contributed by atoms with Crippen molar-refractivity contribution < 1.29 is 4.79 Å². The minimum absolute atomic E-state index is 0.128. The molecule has 2 nitrogen and oxygen atoms in total. The normalized spacial score (nSPS) is 15.6. The molecule has 1 fully saturated rings. The van der Waals surface area contributed by atoms with Gasteiger partial charge in [-0.15, -0.1) is 0 Å². The maximum atomic E-state index is 12.8. The van der Waals surface area contributed by atoms with E-state index in [1.54, 1.807) is 0 Å². The molecule has 0 unspecified atom stereocenters. The van der Waals surface area contributed by atoms with Crippen LogP contribution in [0.1, 0.15) is 51.9 Å². The molecule has 0 amide bonds. The molecule has 2 heteroatoms. The largest absolute Gasteiger partial charge is 0.299 e. The molecule has 3 rings (SSSR count). The summed E-state index contributed by atoms with van der Waals surface area (Å²) in [7, 11) is 0. The molecule has 120 valence electrons. The molecule has 0 aromatic heterocycles. The molecule has 0 saturated carbocycles. The summed E-state index contributed by atoms with van der Waals surface area (Å²) in [5.74, 6) is 0.128. The SMILES string of the molecule is Cc1ccc(C(=O)c2ccccc2)c(C)c1CN1CCCCC1. The van der Waals surface area contributed by atoms with E-state index >= 15 is 0 Å². The van der Waals surface area contributed by atoms with Crippen molar-refractivity contribution in [2.45, 2.75) is 39.7 Å². The lowest BCUT2D eigenvalue weighted by molar-refractivity contribution is 0.103. The van der Waals surface area contributed by atoms with Gasteiger partial charge < -0.3 is 0 Å². The molecule has 0 N–H and O–H groups in total. The first kappa shape index (κ1) is 15.9. The molecule has 0 atom stereocenters. The Morgan fingerprint density at radius 3 is 2.35 bits per heavy atom. The Kier molecular flexibility index (Phi) is 4.92. The van der Waals surface area contributed by atoms with Gasteiger partial charge in [-0.3, -0.25) is 9.69 Å². The van der Waals surface area contributed by atoms with Gasteiger partial charge in [0.05, 0.1) is 0 Å². The van der Waals surface area contributed by atoms with Gasteiger partial charge in [0.25, 0.3) is 0 Å². The van der Waals surface area contributed by atoms with E-state index in [0.717, 1.165) is 23.2 Å². The zero-order valence-electron chi connectivity index (χ0n) is 14.1. The van der Waals surface area contributed by atoms with Crippen molar-refractivity contribution in [3.05, 3.63) is 70.3 Å². The highest BCUT2D eigenvalue weighted by Gasteiger charge is 2.18. The van der Waals surface area contributed by atoms with Crippen LogP contribution in [-0.4, -0.2) is 23.8 Å². The molecule has 1 heterocycles. The minimum Gasteiger partial charge on any atom is -0.299 e. The molecule has 23 heavy (non-hydrogen) atoms. The summed E-state index contributed by atoms with van der Waals surface area (Å²) < 4.78 is 0. The van der Waals surface area contributed by atoms with E-state index < -0.39 is 0 Å². The van der Waals surface area contributed by atoms with E-state index in [9.17, 15) is 4.79 Å². The summed E-state index contributed by atoms with van der Waals surface area (Å²) in [6.07, 6.45) is 3.93. The summed E-state index contributed by atoms with van der Waals surface area (Å²) in [5.41, 5.74) is 5.37. The number of carbonyl (C=O) groups is 1. The van der Waals surface area contributed by atoms with Crippen molar-refractivity contribution in [2.75, 3.05) is 13.1 Å². The molecule has 0 spiro atoms. The van der Waals surface area contributed by atoms with E-state index in [2.05, 4.69) is 24.8 Å². The van der Waals surface area contributed by atoms with Gasteiger partial charge in [0, 0.05) is 17.7 Å². The van der Waals surface area contributed by atoms with E-state index in [1.165, 1.54) is 43.5 Å². The van der Waals surface area contributed by atoms with Gasteiger partial charge in [-0.2, -0.15) is 0 Å². The second kappa shape index (κ2) is 7.10. The Hall–Kier alpha value is -1.93. The van der Waals surface area contributed by atoms with Crippen LogP contribution >= 0.6 is 0 Å². The lowest BCUT2D eigenvalue weighted by Crippen LogP contribution is -2.30. The molecule has 0 aliphatic carbocycles. The first-order valence-electron chi connectivity index (χ1n) is 8.58. The van der Waals surface area contributed by atoms with Crippen LogP contribution in [0.3, 0.4) is 0 Å². The van der Waals surface area contributed by atoms with Crippen molar-refractivity contribution >= 4 is 5.78 Å². The molecule has 1 aliphatic heterocycles. The van der Waals surface area contributed by atoms with Gasteiger partial charge >= 0.3 is 0 Å². The van der Waals surface area contributed by atoms with Crippen LogP contribution < -0.4 is 0 Å². The number of carbonyl (C=O) groups excluding carboxylic acids is 1. The summed E-state index contributed by atoms with van der Waals surface area (Å²) in [5, 5.41) is 0. The first-order valence-corrected chi connectivity index (χ1v) is 8.58. The van der Waals surface area contributed by atoms with Crippen LogP contribution in [-0.2, 0) is 6.54 Å². The average Bonchev–Trinajstić information content (AvgIpc) is 2.60. The Morgan fingerprint density at radius 1 is 0.957 bits per heavy atom. The standard InChI is InChI=1S/C21H25NO/c1-16-11-12-19(21(23)18-9-5-3-6-10-18)17(2)20(16)15-22-13-7-4-8-14-22/h3,5-6,9-12H,4,7-8,13-15H2,1-2H3. The summed E-state index contributed by atoms with van der Waals surface area (Å²) in [4.78, 5) is 15.3. The van der Waals surface area contributed by atoms with Crippen molar-refractivity contribution in [2.24, 2.45) is 0 Å². The number of nitrogens with zero attached hydrogens (tertiary/aromatic N) is 1. The van der Waals surface area contributed by atoms with E-state index in [-0.39, 0.29) is 5.78 Å². The molecule has 0 radical (unpaired) electrons. The number of ketones is 1. The fourth-order valence-corrected chi connectivity index (χ4v) is 3.47. The van der Waals surface area contributed by atoms with Crippen LogP contribution in [0.2, 0.25) is 0 Å². The van der Waals surface area contributed by atoms with Crippen LogP contribution in [0.25, 0.3) is 0 Å². The fourth-order valence-electron chi connectivity index (χ4n) is 3.47. The molecule has 1 saturated heterocycles. The first-order chi connectivity index (χ1) is 11.2. The molecular formula is C21H25NO. The summed E-state index contributed by atoms with van der Waals surface area (Å²) in [6, 6.07) is 13.7. The van der Waals surface area contributed by atoms with Crippen LogP contribution in [0.4, 0.5) is 0 Å². The smallest absolute Gasteiger partial charge is 0.193 e. The quantitative estimate of drug-likeness (QED) is 0.774. The maximum absolute atomic E-state index is 12.8. The number of hydrogen-bond acceptors (Lipinski definition) is 2. The Labute approximate surface area is 139 Å². The van der Waals surface area contributed by atoms with E-state index in [1.807, 2.05) is 36.4 Å². The van der Waals surface area contributed by atoms with Crippen LogP contribution in [0, 0.1) is 13.8 Å². The predicted molar refractivity (Wildman–Crippen MR) is 94.9 cm³/mol. The highest BCUT2D eigenvalue weighted by molar-refractivity contribution is 6.10. The van der Waals surface area contributed by atoms with Gasteiger partial charge in [0.1, 0.15) is 0 Å². The van der Waals surface area contributed by atoms with Gasteiger partial charge in [0.15, 0.2) is 5.78 Å². The van der Waals surface area contributed by atoms with E-state index in [4.69, 9.17) is 0 Å². The number of aryl methyl sites for hydroxylation is 1. The second-order valence-electron chi connectivity index (χ2n) is 6.57. The van der Waals surface area contributed by atoms with Crippen molar-refractivity contribution in [3.63, 3.8) is 0 Å². The monoisotopic (exact) mass is 307 g/mol. The van der Waals surface area contributed by atoms with Gasteiger partial charge in [-0.25, -0.2) is 0 Å². The lowest BCUT2D eigenvalue weighted by atomic mass is 9.92. The zero-order valence-corrected chi connectivity index (χ0v) is 14.1. The third-order valence-electron chi connectivity index (χ3n) is 4.94. The predicted octanol–water partition coefficient (Wildman–Crippen LogP) is 4.52. The number of piperidine rings is 1. The molecule has 2 aromatic rings. The van der Waals surface area contributed by atoms with Gasteiger partial charge in [-0.1, -0.05) is 48.9 Å². The Balaban J connectivity index is 1.90. The lowest BCUT2D eigenvalue weighted by Gasteiger charge is -2.28. The average molecular weight is 307 g/mol. The zero-order chi connectivity index (χ0) is 16.2. The van der Waals surface area contributed by atoms with Crippen molar-refractivity contribution in [1.29, 1.82) is 0 Å². The third kappa shape index (κ3) is 3.53. The molecule has 1 aliphatic rings. The molecular weight excluding hydrogens is 282 g/mol. The van der Waals surface area contributed by atoms with Crippen LogP contribution in [0.15, 0.2) is 42.5 Å². The second-order valence-corrected chi connectivity index (χ2v) is 6.57. The number of rotatable bonds is 4. The van der Waals surface area contributed by atoms with Crippen molar-refractivity contribution in [1.82, 2.24) is 4.90 Å². The summed E-state index contributed by atoms with van der Waals surface area (Å²) in [6.45, 7) is 7.57. The van der Waals surface area contributed by atoms with Gasteiger partial charge in [0.2, 0.25) is 0 Å². The van der Waals surface area contributed by atoms with Crippen molar-refractivity contribution in [3.8, 4) is 0 Å². The Morgan fingerprint density at radius 2 is 1.65 bits per heavy atom. The molecule has 2 aromatic carbocycles. The molecule has 0 bridgehead atoms. The maximum Gasteiger partial charge on any atom is 0.193 e. The van der Waals surface area contributed by atoms with Gasteiger partial charge in [-0.05, 0) is 56.5 Å². The number of hydrogen-bond donors (Lipinski definition) is 0. The third-order valence-corrected chi connectivity index (χ3v) is 4.94. The fraction of sp³-hybridized carbons (Fsp3) is 0.381.